The van der Waals surface area contributed by atoms with Gasteiger partial charge in [-0.3, -0.25) is 9.59 Å². The van der Waals surface area contributed by atoms with Crippen LogP contribution < -0.4 is 15.4 Å². The summed E-state index contributed by atoms with van der Waals surface area (Å²) in [7, 11) is 0. The standard InChI is InChI=1S/C20H26N2O4/c1-14(26-16-8-5-7-15(13-16)20(2,3)4)18(23)21-10-11-22-19(24)17-9-6-12-25-17/h5-9,12-14H,10-11H2,1-4H3,(H,21,23)(H,22,24). The molecule has 2 aromatic rings. The fourth-order valence-corrected chi connectivity index (χ4v) is 2.29. The highest BCUT2D eigenvalue weighted by Crippen LogP contribution is 2.26. The number of rotatable bonds is 7. The monoisotopic (exact) mass is 358 g/mol. The van der Waals surface area contributed by atoms with Crippen LogP contribution in [0.3, 0.4) is 0 Å². The SMILES string of the molecule is CC(Oc1cccc(C(C)(C)C)c1)C(=O)NCCNC(=O)c1ccco1. The zero-order valence-corrected chi connectivity index (χ0v) is 15.7. The van der Waals surface area contributed by atoms with E-state index in [0.29, 0.717) is 18.8 Å². The fraction of sp³-hybridized carbons (Fsp3) is 0.400. The molecule has 140 valence electrons. The normalized spacial score (nSPS) is 12.3. The Labute approximate surface area is 153 Å². The average Bonchev–Trinajstić information content (AvgIpc) is 3.12. The van der Waals surface area contributed by atoms with Crippen molar-refractivity contribution in [3.05, 3.63) is 54.0 Å². The van der Waals surface area contributed by atoms with Gasteiger partial charge >= 0.3 is 0 Å². The molecule has 6 heteroatoms. The van der Waals surface area contributed by atoms with E-state index in [2.05, 4.69) is 31.4 Å². The summed E-state index contributed by atoms with van der Waals surface area (Å²) >= 11 is 0. The number of furan rings is 1. The Bertz CT molecular complexity index is 733. The first-order valence-electron chi connectivity index (χ1n) is 8.64. The van der Waals surface area contributed by atoms with Crippen molar-refractivity contribution in [2.75, 3.05) is 13.1 Å². The summed E-state index contributed by atoms with van der Waals surface area (Å²) in [5.74, 6) is 0.351. The number of carbonyl (C=O) groups excluding carboxylic acids is 2. The van der Waals surface area contributed by atoms with Crippen molar-refractivity contribution in [2.24, 2.45) is 0 Å². The molecule has 0 aliphatic carbocycles. The van der Waals surface area contributed by atoms with Gasteiger partial charge in [-0.05, 0) is 42.2 Å². The van der Waals surface area contributed by atoms with Gasteiger partial charge in [0.2, 0.25) is 0 Å². The van der Waals surface area contributed by atoms with Crippen LogP contribution >= 0.6 is 0 Å². The van der Waals surface area contributed by atoms with E-state index in [1.54, 1.807) is 19.1 Å². The van der Waals surface area contributed by atoms with Crippen LogP contribution in [0.25, 0.3) is 0 Å². The molecule has 0 radical (unpaired) electrons. The van der Waals surface area contributed by atoms with Crippen molar-refractivity contribution in [2.45, 2.75) is 39.2 Å². The predicted octanol–water partition coefficient (Wildman–Crippen LogP) is 2.89. The van der Waals surface area contributed by atoms with Gasteiger partial charge in [-0.1, -0.05) is 32.9 Å². The molecule has 0 saturated carbocycles. The molecule has 2 rings (SSSR count). The highest BCUT2D eigenvalue weighted by Gasteiger charge is 2.17. The number of benzene rings is 1. The number of nitrogens with one attached hydrogen (secondary N) is 2. The lowest BCUT2D eigenvalue weighted by Crippen LogP contribution is -2.40. The summed E-state index contributed by atoms with van der Waals surface area (Å²) < 4.78 is 10.7. The Morgan fingerprint density at radius 1 is 1.12 bits per heavy atom. The van der Waals surface area contributed by atoms with Crippen molar-refractivity contribution >= 4 is 11.8 Å². The molecule has 26 heavy (non-hydrogen) atoms. The second-order valence-electron chi connectivity index (χ2n) is 7.06. The molecule has 2 N–H and O–H groups in total. The van der Waals surface area contributed by atoms with Crippen LogP contribution in [0, 0.1) is 0 Å². The largest absolute Gasteiger partial charge is 0.481 e. The van der Waals surface area contributed by atoms with Gasteiger partial charge in [0.25, 0.3) is 11.8 Å². The molecular weight excluding hydrogens is 332 g/mol. The molecule has 6 nitrogen and oxygen atoms in total. The Morgan fingerprint density at radius 2 is 1.85 bits per heavy atom. The third-order valence-corrected chi connectivity index (χ3v) is 3.84. The molecule has 0 aliphatic rings. The van der Waals surface area contributed by atoms with Gasteiger partial charge in [0.15, 0.2) is 11.9 Å². The van der Waals surface area contributed by atoms with Crippen LogP contribution in [-0.4, -0.2) is 31.0 Å². The molecule has 2 amide bonds. The lowest BCUT2D eigenvalue weighted by atomic mass is 9.87. The van der Waals surface area contributed by atoms with Gasteiger partial charge in [-0.15, -0.1) is 0 Å². The maximum absolute atomic E-state index is 12.1. The highest BCUT2D eigenvalue weighted by molar-refractivity contribution is 5.91. The van der Waals surface area contributed by atoms with E-state index in [1.807, 2.05) is 24.3 Å². The zero-order chi connectivity index (χ0) is 19.2. The first-order chi connectivity index (χ1) is 12.3. The fourth-order valence-electron chi connectivity index (χ4n) is 2.29. The van der Waals surface area contributed by atoms with Crippen LogP contribution in [0.15, 0.2) is 47.1 Å². The van der Waals surface area contributed by atoms with E-state index in [4.69, 9.17) is 9.15 Å². The summed E-state index contributed by atoms with van der Waals surface area (Å²) in [6.45, 7) is 8.68. The molecule has 1 aromatic heterocycles. The van der Waals surface area contributed by atoms with E-state index in [1.165, 1.54) is 6.26 Å². The van der Waals surface area contributed by atoms with Crippen molar-refractivity contribution in [3.63, 3.8) is 0 Å². The van der Waals surface area contributed by atoms with Crippen molar-refractivity contribution in [3.8, 4) is 5.75 Å². The molecule has 0 spiro atoms. The summed E-state index contributed by atoms with van der Waals surface area (Å²) in [6.07, 6.45) is 0.802. The van der Waals surface area contributed by atoms with E-state index in [9.17, 15) is 9.59 Å². The summed E-state index contributed by atoms with van der Waals surface area (Å²) in [5, 5.41) is 5.40. The topological polar surface area (TPSA) is 80.6 Å². The van der Waals surface area contributed by atoms with Gasteiger partial charge < -0.3 is 19.8 Å². The van der Waals surface area contributed by atoms with Crippen LogP contribution in [0.2, 0.25) is 0 Å². The summed E-state index contributed by atoms with van der Waals surface area (Å²) in [6, 6.07) is 11.0. The first kappa shape index (κ1) is 19.6. The Morgan fingerprint density at radius 3 is 2.50 bits per heavy atom. The number of carbonyl (C=O) groups is 2. The molecule has 1 heterocycles. The van der Waals surface area contributed by atoms with E-state index >= 15 is 0 Å². The van der Waals surface area contributed by atoms with Crippen LogP contribution in [0.4, 0.5) is 0 Å². The lowest BCUT2D eigenvalue weighted by Gasteiger charge is -2.21. The first-order valence-corrected chi connectivity index (χ1v) is 8.64. The molecule has 1 atom stereocenters. The van der Waals surface area contributed by atoms with Crippen molar-refractivity contribution < 1.29 is 18.7 Å². The minimum atomic E-state index is -0.633. The highest BCUT2D eigenvalue weighted by atomic mass is 16.5. The third kappa shape index (κ3) is 5.65. The second-order valence-corrected chi connectivity index (χ2v) is 7.06. The van der Waals surface area contributed by atoms with Gasteiger partial charge in [-0.25, -0.2) is 0 Å². The van der Waals surface area contributed by atoms with E-state index in [-0.39, 0.29) is 23.0 Å². The molecule has 1 unspecified atom stereocenters. The number of hydrogen-bond acceptors (Lipinski definition) is 4. The maximum atomic E-state index is 12.1. The number of amides is 2. The van der Waals surface area contributed by atoms with Crippen molar-refractivity contribution in [1.82, 2.24) is 10.6 Å². The van der Waals surface area contributed by atoms with E-state index < -0.39 is 6.10 Å². The quantitative estimate of drug-likeness (QED) is 0.746. The van der Waals surface area contributed by atoms with Crippen LogP contribution in [0.5, 0.6) is 5.75 Å². The summed E-state index contributed by atoms with van der Waals surface area (Å²) in [5.41, 5.74) is 1.15. The number of hydrogen-bond donors (Lipinski definition) is 2. The minimum absolute atomic E-state index is 0.0110. The summed E-state index contributed by atoms with van der Waals surface area (Å²) in [4.78, 5) is 23.8. The van der Waals surface area contributed by atoms with Gasteiger partial charge in [-0.2, -0.15) is 0 Å². The predicted molar refractivity (Wildman–Crippen MR) is 99.3 cm³/mol. The van der Waals surface area contributed by atoms with Gasteiger partial charge in [0, 0.05) is 13.1 Å². The third-order valence-electron chi connectivity index (χ3n) is 3.84. The maximum Gasteiger partial charge on any atom is 0.287 e. The zero-order valence-electron chi connectivity index (χ0n) is 15.7. The Kier molecular flexibility index (Phi) is 6.44. The molecule has 1 aromatic carbocycles. The minimum Gasteiger partial charge on any atom is -0.481 e. The van der Waals surface area contributed by atoms with Crippen LogP contribution in [-0.2, 0) is 10.2 Å². The number of ether oxygens (including phenoxy) is 1. The smallest absolute Gasteiger partial charge is 0.287 e. The van der Waals surface area contributed by atoms with Gasteiger partial charge in [0.05, 0.1) is 6.26 Å². The molecule has 0 bridgehead atoms. The molecule has 0 aliphatic heterocycles. The van der Waals surface area contributed by atoms with Crippen LogP contribution in [0.1, 0.15) is 43.8 Å². The average molecular weight is 358 g/mol. The lowest BCUT2D eigenvalue weighted by molar-refractivity contribution is -0.127. The van der Waals surface area contributed by atoms with Crippen molar-refractivity contribution in [1.29, 1.82) is 0 Å². The molecule has 0 saturated heterocycles. The molecular formula is C20H26N2O4. The Balaban J connectivity index is 1.76. The Hall–Kier alpha value is -2.76. The molecule has 0 fully saturated rings. The van der Waals surface area contributed by atoms with Gasteiger partial charge in [0.1, 0.15) is 5.75 Å². The van der Waals surface area contributed by atoms with E-state index in [0.717, 1.165) is 5.56 Å². The second kappa shape index (κ2) is 8.56.